The summed E-state index contributed by atoms with van der Waals surface area (Å²) in [5, 5.41) is 4.26. The number of aromatic nitrogens is 1. The Balaban J connectivity index is 1.70. The van der Waals surface area contributed by atoms with Gasteiger partial charge in [-0.05, 0) is 32.0 Å². The molecule has 1 saturated heterocycles. The number of hydrogen-bond donors (Lipinski definition) is 0. The van der Waals surface area contributed by atoms with Gasteiger partial charge in [0, 0.05) is 32.2 Å². The molecule has 0 atom stereocenters. The van der Waals surface area contributed by atoms with Gasteiger partial charge >= 0.3 is 0 Å². The third-order valence-corrected chi connectivity index (χ3v) is 6.46. The summed E-state index contributed by atoms with van der Waals surface area (Å²) in [6.45, 7) is 4.91. The van der Waals surface area contributed by atoms with Gasteiger partial charge in [0.2, 0.25) is 10.0 Å². The first-order chi connectivity index (χ1) is 11.5. The minimum absolute atomic E-state index is 0.173. The van der Waals surface area contributed by atoms with Crippen LogP contribution in [-0.2, 0) is 16.6 Å². The summed E-state index contributed by atoms with van der Waals surface area (Å²) in [5.41, 5.74) is 0.870. The number of halogens is 1. The Labute approximate surface area is 147 Å². The minimum Gasteiger partial charge on any atom is -0.361 e. The molecular weight excluding hydrogens is 350 g/mol. The largest absolute Gasteiger partial charge is 0.361 e. The van der Waals surface area contributed by atoms with E-state index >= 15 is 0 Å². The number of nitrogens with zero attached hydrogens (tertiary/aromatic N) is 3. The maximum Gasteiger partial charge on any atom is 0.244 e. The first-order valence-corrected chi connectivity index (χ1v) is 9.68. The molecule has 2 aromatic rings. The van der Waals surface area contributed by atoms with E-state index < -0.39 is 10.0 Å². The molecule has 0 N–H and O–H groups in total. The van der Waals surface area contributed by atoms with E-state index in [0.29, 0.717) is 26.2 Å². The maximum atomic E-state index is 12.8. The highest BCUT2D eigenvalue weighted by Crippen LogP contribution is 2.25. The molecule has 6 nitrogen and oxygen atoms in total. The van der Waals surface area contributed by atoms with Crippen LogP contribution >= 0.6 is 11.6 Å². The van der Waals surface area contributed by atoms with E-state index in [1.165, 1.54) is 4.31 Å². The second-order valence-electron chi connectivity index (χ2n) is 5.89. The molecule has 1 fully saturated rings. The molecule has 0 amide bonds. The number of sulfonamides is 1. The number of hydrogen-bond acceptors (Lipinski definition) is 5. The molecule has 0 aliphatic carbocycles. The van der Waals surface area contributed by atoms with Crippen molar-refractivity contribution in [3.63, 3.8) is 0 Å². The third-order valence-electron chi connectivity index (χ3n) is 4.06. The fraction of sp³-hybridized carbons (Fsp3) is 0.438. The van der Waals surface area contributed by atoms with Gasteiger partial charge in [0.05, 0.1) is 10.7 Å². The lowest BCUT2D eigenvalue weighted by Gasteiger charge is -2.21. The number of aryl methyl sites for hydroxylation is 1. The van der Waals surface area contributed by atoms with Crippen LogP contribution in [0.1, 0.15) is 17.9 Å². The number of rotatable bonds is 4. The van der Waals surface area contributed by atoms with Gasteiger partial charge in [-0.25, -0.2) is 8.42 Å². The monoisotopic (exact) mass is 369 g/mol. The molecule has 8 heteroatoms. The lowest BCUT2D eigenvalue weighted by Crippen LogP contribution is -2.35. The maximum absolute atomic E-state index is 12.8. The molecule has 1 aromatic heterocycles. The zero-order valence-electron chi connectivity index (χ0n) is 13.5. The summed E-state index contributed by atoms with van der Waals surface area (Å²) in [6, 6.07) is 8.48. The quantitative estimate of drug-likeness (QED) is 0.828. The molecule has 130 valence electrons. The van der Waals surface area contributed by atoms with Crippen LogP contribution in [0.25, 0.3) is 0 Å². The van der Waals surface area contributed by atoms with Crippen LogP contribution in [0, 0.1) is 6.92 Å². The van der Waals surface area contributed by atoms with Crippen LogP contribution in [0.15, 0.2) is 39.8 Å². The minimum atomic E-state index is -3.57. The van der Waals surface area contributed by atoms with Crippen LogP contribution in [0.5, 0.6) is 0 Å². The van der Waals surface area contributed by atoms with Crippen LogP contribution in [0.3, 0.4) is 0 Å². The SMILES string of the molecule is Cc1cc(CN2CCCN(S(=O)(=O)c3ccccc3Cl)CC2)no1. The van der Waals surface area contributed by atoms with E-state index in [4.69, 9.17) is 16.1 Å². The molecule has 1 aromatic carbocycles. The lowest BCUT2D eigenvalue weighted by atomic mass is 10.3. The van der Waals surface area contributed by atoms with Crippen molar-refractivity contribution >= 4 is 21.6 Å². The van der Waals surface area contributed by atoms with E-state index in [1.54, 1.807) is 24.3 Å². The highest BCUT2D eigenvalue weighted by Gasteiger charge is 2.28. The standard InChI is InChI=1S/C16H20ClN3O3S/c1-13-11-14(18-23-13)12-19-7-4-8-20(10-9-19)24(21,22)16-6-3-2-5-15(16)17/h2-3,5-6,11H,4,7-10,12H2,1H3. The van der Waals surface area contributed by atoms with Gasteiger partial charge in [-0.15, -0.1) is 0 Å². The Bertz CT molecular complexity index is 806. The molecule has 1 aliphatic heterocycles. The predicted octanol–water partition coefficient (Wildman–Crippen LogP) is 2.53. The van der Waals surface area contributed by atoms with E-state index in [1.807, 2.05) is 13.0 Å². The highest BCUT2D eigenvalue weighted by atomic mass is 35.5. The van der Waals surface area contributed by atoms with Gasteiger partial charge in [0.15, 0.2) is 0 Å². The Morgan fingerprint density at radius 2 is 2.00 bits per heavy atom. The van der Waals surface area contributed by atoms with E-state index in [-0.39, 0.29) is 9.92 Å². The molecule has 0 bridgehead atoms. The lowest BCUT2D eigenvalue weighted by molar-refractivity contribution is 0.268. The highest BCUT2D eigenvalue weighted by molar-refractivity contribution is 7.89. The summed E-state index contributed by atoms with van der Waals surface area (Å²) in [5.74, 6) is 0.780. The van der Waals surface area contributed by atoms with Crippen LogP contribution in [-0.4, -0.2) is 49.0 Å². The van der Waals surface area contributed by atoms with Crippen molar-refractivity contribution in [2.75, 3.05) is 26.2 Å². The Hall–Kier alpha value is -1.41. The van der Waals surface area contributed by atoms with Crippen molar-refractivity contribution in [1.29, 1.82) is 0 Å². The molecule has 0 saturated carbocycles. The third kappa shape index (κ3) is 3.80. The van der Waals surface area contributed by atoms with Crippen molar-refractivity contribution in [3.05, 3.63) is 46.8 Å². The fourth-order valence-corrected chi connectivity index (χ4v) is 4.82. The molecule has 0 radical (unpaired) electrons. The fourth-order valence-electron chi connectivity index (χ4n) is 2.86. The Morgan fingerprint density at radius 3 is 2.71 bits per heavy atom. The van der Waals surface area contributed by atoms with Crippen molar-refractivity contribution in [1.82, 2.24) is 14.4 Å². The topological polar surface area (TPSA) is 66.7 Å². The molecule has 2 heterocycles. The van der Waals surface area contributed by atoms with Crippen LogP contribution in [0.2, 0.25) is 5.02 Å². The summed E-state index contributed by atoms with van der Waals surface area (Å²) >= 11 is 6.07. The van der Waals surface area contributed by atoms with Gasteiger partial charge in [-0.1, -0.05) is 28.9 Å². The first kappa shape index (κ1) is 17.4. The Morgan fingerprint density at radius 1 is 1.21 bits per heavy atom. The van der Waals surface area contributed by atoms with Gasteiger partial charge in [0.25, 0.3) is 0 Å². The molecule has 0 unspecified atom stereocenters. The molecule has 3 rings (SSSR count). The zero-order chi connectivity index (χ0) is 17.2. The summed E-state index contributed by atoms with van der Waals surface area (Å²) in [7, 11) is -3.57. The second kappa shape index (κ2) is 7.23. The average Bonchev–Trinajstić information content (AvgIpc) is 2.81. The number of benzene rings is 1. The van der Waals surface area contributed by atoms with Gasteiger partial charge < -0.3 is 4.52 Å². The van der Waals surface area contributed by atoms with Gasteiger partial charge in [-0.2, -0.15) is 4.31 Å². The average molecular weight is 370 g/mol. The van der Waals surface area contributed by atoms with Gasteiger partial charge in [-0.3, -0.25) is 4.90 Å². The molecule has 24 heavy (non-hydrogen) atoms. The normalized spacial score (nSPS) is 17.8. The molecule has 0 spiro atoms. The first-order valence-electron chi connectivity index (χ1n) is 7.86. The summed E-state index contributed by atoms with van der Waals surface area (Å²) in [6.07, 6.45) is 0.764. The second-order valence-corrected chi connectivity index (χ2v) is 8.21. The van der Waals surface area contributed by atoms with E-state index in [2.05, 4.69) is 10.1 Å². The van der Waals surface area contributed by atoms with Crippen molar-refractivity contribution in [2.24, 2.45) is 0 Å². The van der Waals surface area contributed by atoms with Crippen molar-refractivity contribution < 1.29 is 12.9 Å². The van der Waals surface area contributed by atoms with E-state index in [0.717, 1.165) is 24.4 Å². The van der Waals surface area contributed by atoms with E-state index in [9.17, 15) is 8.42 Å². The summed E-state index contributed by atoms with van der Waals surface area (Å²) in [4.78, 5) is 2.37. The summed E-state index contributed by atoms with van der Waals surface area (Å²) < 4.78 is 32.3. The zero-order valence-corrected chi connectivity index (χ0v) is 15.1. The Kier molecular flexibility index (Phi) is 5.24. The predicted molar refractivity (Wildman–Crippen MR) is 91.3 cm³/mol. The van der Waals surface area contributed by atoms with Crippen LogP contribution in [0.4, 0.5) is 0 Å². The smallest absolute Gasteiger partial charge is 0.244 e. The van der Waals surface area contributed by atoms with Crippen LogP contribution < -0.4 is 0 Å². The van der Waals surface area contributed by atoms with Crippen molar-refractivity contribution in [2.45, 2.75) is 24.8 Å². The van der Waals surface area contributed by atoms with Gasteiger partial charge in [0.1, 0.15) is 10.7 Å². The molecular formula is C16H20ClN3O3S. The van der Waals surface area contributed by atoms with Crippen molar-refractivity contribution in [3.8, 4) is 0 Å². The molecule has 1 aliphatic rings.